The highest BCUT2D eigenvalue weighted by Crippen LogP contribution is 2.30. The Morgan fingerprint density at radius 3 is 2.84 bits per heavy atom. The molecule has 0 atom stereocenters. The van der Waals surface area contributed by atoms with Crippen LogP contribution in [0.4, 0.5) is 9.52 Å². The van der Waals surface area contributed by atoms with Crippen molar-refractivity contribution >= 4 is 38.7 Å². The van der Waals surface area contributed by atoms with Gasteiger partial charge in [0.2, 0.25) is 5.91 Å². The summed E-state index contributed by atoms with van der Waals surface area (Å²) >= 11 is 2.92. The first kappa shape index (κ1) is 15.9. The van der Waals surface area contributed by atoms with Crippen LogP contribution < -0.4 is 5.32 Å². The summed E-state index contributed by atoms with van der Waals surface area (Å²) in [5.74, 6) is -0.449. The minimum absolute atomic E-state index is 0.162. The number of amides is 1. The highest BCUT2D eigenvalue weighted by molar-refractivity contribution is 7.16. The molecule has 1 amide bonds. The van der Waals surface area contributed by atoms with E-state index < -0.39 is 0 Å². The molecule has 0 radical (unpaired) electrons. The first-order valence-electron chi connectivity index (χ1n) is 7.53. The van der Waals surface area contributed by atoms with Gasteiger partial charge >= 0.3 is 0 Å². The van der Waals surface area contributed by atoms with Gasteiger partial charge in [0.05, 0.1) is 17.8 Å². The van der Waals surface area contributed by atoms with Crippen LogP contribution in [0.15, 0.2) is 42.0 Å². The Morgan fingerprint density at radius 2 is 2.08 bits per heavy atom. The van der Waals surface area contributed by atoms with Crippen LogP contribution in [0.1, 0.15) is 10.6 Å². The number of benzene rings is 1. The van der Waals surface area contributed by atoms with Gasteiger partial charge in [-0.05, 0) is 31.2 Å². The molecule has 0 aliphatic rings. The Labute approximate surface area is 150 Å². The average molecular weight is 372 g/mol. The third-order valence-corrected chi connectivity index (χ3v) is 5.30. The summed E-state index contributed by atoms with van der Waals surface area (Å²) in [4.78, 5) is 22.9. The number of nitrogens with one attached hydrogen (secondary N) is 1. The lowest BCUT2D eigenvalue weighted by Gasteiger charge is -1.99. The summed E-state index contributed by atoms with van der Waals surface area (Å²) < 4.78 is 15.0. The minimum Gasteiger partial charge on any atom is -0.302 e. The summed E-state index contributed by atoms with van der Waals surface area (Å²) in [6.45, 7) is 1.93. The van der Waals surface area contributed by atoms with Crippen LogP contribution in [-0.4, -0.2) is 20.3 Å². The molecule has 0 spiro atoms. The van der Waals surface area contributed by atoms with E-state index in [0.29, 0.717) is 5.13 Å². The van der Waals surface area contributed by atoms with Crippen molar-refractivity contribution in [1.29, 1.82) is 0 Å². The minimum atomic E-state index is -0.287. The van der Waals surface area contributed by atoms with Gasteiger partial charge in [-0.3, -0.25) is 9.20 Å². The molecule has 3 aromatic heterocycles. The second kappa shape index (κ2) is 6.38. The van der Waals surface area contributed by atoms with Gasteiger partial charge in [-0.1, -0.05) is 0 Å². The van der Waals surface area contributed by atoms with E-state index in [0.717, 1.165) is 26.8 Å². The van der Waals surface area contributed by atoms with E-state index in [1.807, 2.05) is 29.1 Å². The molecule has 3 heterocycles. The Kier molecular flexibility index (Phi) is 4.06. The SMILES string of the molecule is Cc1sc(NC(=O)Cc2cn3ccsc3n2)nc1-c1ccc(F)cc1. The maximum absolute atomic E-state index is 13.1. The second-order valence-electron chi connectivity index (χ2n) is 5.48. The average Bonchev–Trinajstić information content (AvgIpc) is 3.23. The standard InChI is InChI=1S/C17H13FN4OS2/c1-10-15(11-2-4-12(18)5-3-11)21-16(25-10)20-14(23)8-13-9-22-6-7-24-17(22)19-13/h2-7,9H,8H2,1H3,(H,20,21,23). The van der Waals surface area contributed by atoms with Crippen molar-refractivity contribution in [2.75, 3.05) is 5.32 Å². The normalized spacial score (nSPS) is 11.1. The maximum Gasteiger partial charge on any atom is 0.232 e. The van der Waals surface area contributed by atoms with E-state index in [-0.39, 0.29) is 18.1 Å². The Morgan fingerprint density at radius 1 is 1.28 bits per heavy atom. The summed E-state index contributed by atoms with van der Waals surface area (Å²) in [5.41, 5.74) is 2.30. The van der Waals surface area contributed by atoms with E-state index in [1.54, 1.807) is 12.1 Å². The van der Waals surface area contributed by atoms with Crippen molar-refractivity contribution in [3.05, 3.63) is 58.4 Å². The summed E-state index contributed by atoms with van der Waals surface area (Å²) in [5, 5.41) is 5.29. The number of nitrogens with zero attached hydrogens (tertiary/aromatic N) is 3. The molecule has 126 valence electrons. The molecule has 5 nitrogen and oxygen atoms in total. The molecule has 0 aliphatic heterocycles. The predicted molar refractivity (Wildman–Crippen MR) is 97.6 cm³/mol. The molecule has 0 saturated carbocycles. The van der Waals surface area contributed by atoms with Gasteiger partial charge in [0.1, 0.15) is 5.82 Å². The van der Waals surface area contributed by atoms with Crippen molar-refractivity contribution in [2.45, 2.75) is 13.3 Å². The number of halogens is 1. The molecular weight excluding hydrogens is 359 g/mol. The molecule has 0 aliphatic carbocycles. The number of anilines is 1. The van der Waals surface area contributed by atoms with Crippen molar-refractivity contribution in [3.63, 3.8) is 0 Å². The zero-order chi connectivity index (χ0) is 17.4. The fourth-order valence-corrected chi connectivity index (χ4v) is 4.09. The molecule has 0 fully saturated rings. The van der Waals surface area contributed by atoms with E-state index in [2.05, 4.69) is 15.3 Å². The molecule has 0 bridgehead atoms. The highest BCUT2D eigenvalue weighted by Gasteiger charge is 2.14. The number of carbonyl (C=O) groups excluding carboxylic acids is 1. The topological polar surface area (TPSA) is 59.3 Å². The molecule has 0 unspecified atom stereocenters. The van der Waals surface area contributed by atoms with Crippen LogP contribution in [0.5, 0.6) is 0 Å². The molecule has 8 heteroatoms. The van der Waals surface area contributed by atoms with Gasteiger partial charge in [-0.15, -0.1) is 22.7 Å². The predicted octanol–water partition coefficient (Wildman–Crippen LogP) is 4.15. The summed E-state index contributed by atoms with van der Waals surface area (Å²) in [6, 6.07) is 6.16. The monoisotopic (exact) mass is 372 g/mol. The first-order valence-corrected chi connectivity index (χ1v) is 9.22. The van der Waals surface area contributed by atoms with Gasteiger partial charge in [0, 0.05) is 28.2 Å². The van der Waals surface area contributed by atoms with Gasteiger partial charge in [0.25, 0.3) is 0 Å². The van der Waals surface area contributed by atoms with Crippen LogP contribution in [-0.2, 0) is 11.2 Å². The number of hydrogen-bond acceptors (Lipinski definition) is 5. The highest BCUT2D eigenvalue weighted by atomic mass is 32.1. The van der Waals surface area contributed by atoms with Gasteiger partial charge in [0.15, 0.2) is 10.1 Å². The fourth-order valence-electron chi connectivity index (χ4n) is 2.51. The number of carbonyl (C=O) groups is 1. The smallest absolute Gasteiger partial charge is 0.232 e. The maximum atomic E-state index is 13.1. The van der Waals surface area contributed by atoms with Crippen molar-refractivity contribution in [2.24, 2.45) is 0 Å². The third-order valence-electron chi connectivity index (χ3n) is 3.65. The van der Waals surface area contributed by atoms with Gasteiger partial charge in [-0.2, -0.15) is 0 Å². The number of fused-ring (bicyclic) bond motifs is 1. The Balaban J connectivity index is 1.48. The van der Waals surface area contributed by atoms with Crippen molar-refractivity contribution in [1.82, 2.24) is 14.4 Å². The number of aryl methyl sites for hydroxylation is 1. The molecule has 1 aromatic carbocycles. The lowest BCUT2D eigenvalue weighted by molar-refractivity contribution is -0.115. The van der Waals surface area contributed by atoms with E-state index in [9.17, 15) is 9.18 Å². The summed E-state index contributed by atoms with van der Waals surface area (Å²) in [7, 11) is 0. The molecule has 4 aromatic rings. The molecule has 1 N–H and O–H groups in total. The number of aromatic nitrogens is 3. The number of hydrogen-bond donors (Lipinski definition) is 1. The fraction of sp³-hybridized carbons (Fsp3) is 0.118. The lowest BCUT2D eigenvalue weighted by Crippen LogP contribution is -2.14. The second-order valence-corrected chi connectivity index (χ2v) is 7.56. The van der Waals surface area contributed by atoms with Crippen LogP contribution >= 0.6 is 22.7 Å². The zero-order valence-corrected chi connectivity index (χ0v) is 14.8. The van der Waals surface area contributed by atoms with Gasteiger partial charge in [-0.25, -0.2) is 14.4 Å². The van der Waals surface area contributed by atoms with Crippen molar-refractivity contribution in [3.8, 4) is 11.3 Å². The first-order chi connectivity index (χ1) is 12.1. The van der Waals surface area contributed by atoms with Gasteiger partial charge < -0.3 is 5.32 Å². The van der Waals surface area contributed by atoms with Crippen LogP contribution in [0.2, 0.25) is 0 Å². The quantitative estimate of drug-likeness (QED) is 0.585. The Bertz CT molecular complexity index is 1020. The molecule has 25 heavy (non-hydrogen) atoms. The Hall–Kier alpha value is -2.58. The van der Waals surface area contributed by atoms with E-state index in [4.69, 9.17) is 0 Å². The molecule has 4 rings (SSSR count). The number of thiazole rings is 2. The third kappa shape index (κ3) is 3.31. The van der Waals surface area contributed by atoms with Crippen LogP contribution in [0.3, 0.4) is 0 Å². The molecule has 0 saturated heterocycles. The molecular formula is C17H13FN4OS2. The number of rotatable bonds is 4. The lowest BCUT2D eigenvalue weighted by atomic mass is 10.1. The van der Waals surface area contributed by atoms with E-state index >= 15 is 0 Å². The van der Waals surface area contributed by atoms with Crippen LogP contribution in [0, 0.1) is 12.7 Å². The van der Waals surface area contributed by atoms with Crippen molar-refractivity contribution < 1.29 is 9.18 Å². The largest absolute Gasteiger partial charge is 0.302 e. The number of imidazole rings is 1. The zero-order valence-electron chi connectivity index (χ0n) is 13.2. The van der Waals surface area contributed by atoms with E-state index in [1.165, 1.54) is 34.8 Å². The summed E-state index contributed by atoms with van der Waals surface area (Å²) in [6.07, 6.45) is 3.95. The van der Waals surface area contributed by atoms with Crippen LogP contribution in [0.25, 0.3) is 16.2 Å².